The van der Waals surface area contributed by atoms with Crippen LogP contribution in [-0.2, 0) is 15.1 Å². The van der Waals surface area contributed by atoms with Gasteiger partial charge in [-0.25, -0.2) is 28.0 Å². The first kappa shape index (κ1) is 35.7. The Labute approximate surface area is 303 Å². The monoisotopic (exact) mass is 731 g/mol. The molecule has 2 aromatic heterocycles. The number of nitrogens with zero attached hydrogens (tertiary/aromatic N) is 8. The van der Waals surface area contributed by atoms with Crippen LogP contribution in [0.3, 0.4) is 0 Å². The summed E-state index contributed by atoms with van der Waals surface area (Å²) in [6, 6.07) is 9.19. The maximum atomic E-state index is 15.0. The summed E-state index contributed by atoms with van der Waals surface area (Å²) in [5, 5.41) is 10.1. The summed E-state index contributed by atoms with van der Waals surface area (Å²) in [6.45, 7) is 9.64. The number of fused-ring (bicyclic) bond motifs is 1. The van der Waals surface area contributed by atoms with Crippen LogP contribution in [0.2, 0.25) is 0 Å². The zero-order chi connectivity index (χ0) is 36.6. The Balaban J connectivity index is 1.05. The second-order valence-electron chi connectivity index (χ2n) is 14.2. The molecule has 1 unspecified atom stereocenters. The third kappa shape index (κ3) is 7.58. The second-order valence-corrected chi connectivity index (χ2v) is 15.1. The maximum absolute atomic E-state index is 15.0. The summed E-state index contributed by atoms with van der Waals surface area (Å²) in [5.74, 6) is -0.460. The van der Waals surface area contributed by atoms with Crippen LogP contribution in [0.1, 0.15) is 51.4 Å². The number of piperazine rings is 1. The zero-order valence-corrected chi connectivity index (χ0v) is 30.0. The van der Waals surface area contributed by atoms with E-state index in [1.165, 1.54) is 29.1 Å². The number of carbonyl (C=O) groups excluding carboxylic acids is 1. The molecule has 1 saturated carbocycles. The lowest BCUT2D eigenvalue weighted by molar-refractivity contribution is -0.156. The van der Waals surface area contributed by atoms with Crippen molar-refractivity contribution in [3.8, 4) is 23.3 Å². The van der Waals surface area contributed by atoms with Crippen molar-refractivity contribution in [2.45, 2.75) is 57.3 Å². The van der Waals surface area contributed by atoms with Gasteiger partial charge in [-0.15, -0.1) is 0 Å². The van der Waals surface area contributed by atoms with Gasteiger partial charge in [-0.05, 0) is 70.4 Å². The molecule has 3 aliphatic rings. The Kier molecular flexibility index (Phi) is 9.87. The van der Waals surface area contributed by atoms with Gasteiger partial charge in [0.05, 0.1) is 46.8 Å². The van der Waals surface area contributed by atoms with Crippen molar-refractivity contribution in [2.75, 3.05) is 50.5 Å². The molecule has 0 spiro atoms. The van der Waals surface area contributed by atoms with Crippen molar-refractivity contribution < 1.29 is 23.0 Å². The van der Waals surface area contributed by atoms with E-state index in [0.29, 0.717) is 35.7 Å². The average molecular weight is 732 g/mol. The third-order valence-corrected chi connectivity index (χ3v) is 10.3. The molecule has 2 saturated heterocycles. The maximum Gasteiger partial charge on any atom is 0.320 e. The van der Waals surface area contributed by atoms with E-state index in [1.54, 1.807) is 28.8 Å². The van der Waals surface area contributed by atoms with Crippen LogP contribution in [0.4, 0.5) is 14.5 Å². The number of benzene rings is 2. The van der Waals surface area contributed by atoms with Crippen molar-refractivity contribution in [2.24, 2.45) is 0 Å². The van der Waals surface area contributed by atoms with E-state index in [0.717, 1.165) is 51.2 Å². The number of carbonyl (C=O) groups is 1. The number of halogens is 2. The predicted molar refractivity (Wildman–Crippen MR) is 191 cm³/mol. The molecule has 13 nitrogen and oxygen atoms in total. The number of ether oxygens (including phenoxy) is 2. The van der Waals surface area contributed by atoms with Crippen molar-refractivity contribution in [1.29, 1.82) is 5.26 Å². The minimum absolute atomic E-state index is 0.0689. The van der Waals surface area contributed by atoms with Crippen LogP contribution >= 0.6 is 12.1 Å². The first-order valence-electron chi connectivity index (χ1n) is 17.2. The summed E-state index contributed by atoms with van der Waals surface area (Å²) in [5.41, 5.74) is -0.119. The minimum Gasteiger partial charge on any atom is -0.459 e. The Morgan fingerprint density at radius 1 is 1.10 bits per heavy atom. The Morgan fingerprint density at radius 3 is 2.50 bits per heavy atom. The number of hydrogen-bond donors (Lipinski definition) is 1. The van der Waals surface area contributed by atoms with Gasteiger partial charge in [0.15, 0.2) is 11.6 Å². The highest BCUT2D eigenvalue weighted by Gasteiger charge is 2.52. The van der Waals surface area contributed by atoms with E-state index in [4.69, 9.17) is 19.4 Å². The molecule has 2 aromatic carbocycles. The normalized spacial score (nSPS) is 19.3. The van der Waals surface area contributed by atoms with Gasteiger partial charge in [-0.3, -0.25) is 24.0 Å². The van der Waals surface area contributed by atoms with Crippen molar-refractivity contribution in [3.63, 3.8) is 0 Å². The standard InChI is InChI=1S/C36H39F2N9O4S/c1-35(2,3)51-31(48)21-44-12-14-45(15-13-44)36(9-10-36)34-40-18-24(19-41-34)47-22-42-29-6-4-25(16-26(29)33(47)49)50-32-27(17-39)30(7-5-28(32)38)43-52-46-11-8-23(37)20-46/h4-7,16,18-19,22-23,43H,8-15,20-21H2,1-3H3. The highest BCUT2D eigenvalue weighted by atomic mass is 32.2. The van der Waals surface area contributed by atoms with Gasteiger partial charge in [0.25, 0.3) is 5.56 Å². The Bertz CT molecular complexity index is 2070. The van der Waals surface area contributed by atoms with Gasteiger partial charge in [0, 0.05) is 51.4 Å². The van der Waals surface area contributed by atoms with E-state index in [9.17, 15) is 19.2 Å². The van der Waals surface area contributed by atoms with Crippen LogP contribution in [0.5, 0.6) is 11.5 Å². The molecule has 0 bridgehead atoms. The molecule has 1 N–H and O–H groups in total. The predicted octanol–water partition coefficient (Wildman–Crippen LogP) is 4.95. The van der Waals surface area contributed by atoms with Gasteiger partial charge in [-0.1, -0.05) is 0 Å². The lowest BCUT2D eigenvalue weighted by atomic mass is 10.1. The van der Waals surface area contributed by atoms with Crippen molar-refractivity contribution in [3.05, 3.63) is 76.6 Å². The molecule has 0 amide bonds. The van der Waals surface area contributed by atoms with Gasteiger partial charge in [0.1, 0.15) is 41.3 Å². The van der Waals surface area contributed by atoms with E-state index in [-0.39, 0.29) is 47.0 Å². The molecule has 16 heteroatoms. The molecule has 1 aliphatic carbocycles. The molecule has 0 radical (unpaired) electrons. The summed E-state index contributed by atoms with van der Waals surface area (Å²) in [7, 11) is 0. The molecule has 272 valence electrons. The van der Waals surface area contributed by atoms with E-state index in [1.807, 2.05) is 26.8 Å². The van der Waals surface area contributed by atoms with Crippen molar-refractivity contribution >= 4 is 34.7 Å². The van der Waals surface area contributed by atoms with Crippen LogP contribution in [0.15, 0.2) is 53.8 Å². The summed E-state index contributed by atoms with van der Waals surface area (Å²) in [6.07, 6.45) is 5.97. The Morgan fingerprint density at radius 2 is 1.85 bits per heavy atom. The van der Waals surface area contributed by atoms with Crippen LogP contribution in [0.25, 0.3) is 16.6 Å². The number of aromatic nitrogens is 4. The number of alkyl halides is 1. The Hall–Kier alpha value is -4.69. The molecule has 52 heavy (non-hydrogen) atoms. The lowest BCUT2D eigenvalue weighted by Gasteiger charge is -2.39. The highest BCUT2D eigenvalue weighted by Crippen LogP contribution is 2.49. The topological polar surface area (TPSA) is 142 Å². The fourth-order valence-corrected chi connectivity index (χ4v) is 7.41. The van der Waals surface area contributed by atoms with Gasteiger partial charge >= 0.3 is 5.97 Å². The number of anilines is 1. The fourth-order valence-electron chi connectivity index (χ4n) is 6.58. The first-order chi connectivity index (χ1) is 24.9. The number of nitriles is 1. The van der Waals surface area contributed by atoms with E-state index < -0.39 is 23.1 Å². The molecular formula is C36H39F2N9O4S. The average Bonchev–Trinajstić information content (AvgIpc) is 3.82. The third-order valence-electron chi connectivity index (χ3n) is 9.36. The number of nitrogens with one attached hydrogen (secondary N) is 1. The molecule has 1 atom stereocenters. The van der Waals surface area contributed by atoms with E-state index >= 15 is 4.39 Å². The van der Waals surface area contributed by atoms with Gasteiger partial charge < -0.3 is 14.2 Å². The van der Waals surface area contributed by atoms with Crippen LogP contribution < -0.4 is 15.0 Å². The number of rotatable bonds is 10. The number of esters is 1. The summed E-state index contributed by atoms with van der Waals surface area (Å²) >= 11 is 1.14. The summed E-state index contributed by atoms with van der Waals surface area (Å²) in [4.78, 5) is 44.4. The van der Waals surface area contributed by atoms with Crippen molar-refractivity contribution in [1.82, 2.24) is 33.6 Å². The SMILES string of the molecule is CC(C)(C)OC(=O)CN1CCN(C2(c3ncc(-n4cnc5ccc(Oc6c(F)ccc(NSN7CCC(F)C7)c6C#N)cc5c4=O)cn3)CC2)CC1. The molecule has 4 aromatic rings. The molecule has 7 rings (SSSR count). The van der Waals surface area contributed by atoms with E-state index in [2.05, 4.69) is 19.5 Å². The fraction of sp³-hybridized carbons (Fsp3) is 0.444. The van der Waals surface area contributed by atoms with Crippen LogP contribution in [-0.4, -0.2) is 97.2 Å². The molecule has 3 fully saturated rings. The largest absolute Gasteiger partial charge is 0.459 e. The molecule has 4 heterocycles. The number of hydrogen-bond acceptors (Lipinski definition) is 13. The lowest BCUT2D eigenvalue weighted by Crippen LogP contribution is -2.52. The second kappa shape index (κ2) is 14.4. The quantitative estimate of drug-likeness (QED) is 0.174. The van der Waals surface area contributed by atoms with Gasteiger partial charge in [0.2, 0.25) is 0 Å². The minimum atomic E-state index is -0.914. The molecular weight excluding hydrogens is 693 g/mol. The zero-order valence-electron chi connectivity index (χ0n) is 29.1. The smallest absolute Gasteiger partial charge is 0.320 e. The van der Waals surface area contributed by atoms with Gasteiger partial charge in [-0.2, -0.15) is 5.26 Å². The van der Waals surface area contributed by atoms with Crippen LogP contribution in [0, 0.1) is 17.1 Å². The highest BCUT2D eigenvalue weighted by molar-refractivity contribution is 7.98. The summed E-state index contributed by atoms with van der Waals surface area (Å²) < 4.78 is 46.1. The molecule has 2 aliphatic heterocycles. The first-order valence-corrected chi connectivity index (χ1v) is 18.0.